The zero-order valence-electron chi connectivity index (χ0n) is 11.0. The number of thiazole rings is 1. The molecule has 19 heavy (non-hydrogen) atoms. The van der Waals surface area contributed by atoms with E-state index < -0.39 is 0 Å². The molecule has 102 valence electrons. The van der Waals surface area contributed by atoms with Crippen molar-refractivity contribution >= 4 is 27.3 Å². The van der Waals surface area contributed by atoms with Gasteiger partial charge in [-0.25, -0.2) is 4.98 Å². The number of aromatic nitrogens is 1. The van der Waals surface area contributed by atoms with Gasteiger partial charge in [0, 0.05) is 28.2 Å². The highest BCUT2D eigenvalue weighted by Crippen LogP contribution is 2.25. The molecule has 1 heterocycles. The Labute approximate surface area is 126 Å². The normalized spacial score (nSPS) is 12.4. The molecule has 1 N–H and O–H groups in total. The Kier molecular flexibility index (Phi) is 5.36. The van der Waals surface area contributed by atoms with Crippen LogP contribution in [0, 0.1) is 0 Å². The lowest BCUT2D eigenvalue weighted by molar-refractivity contribution is 0.404. The predicted octanol–water partition coefficient (Wildman–Crippen LogP) is 4.16. The van der Waals surface area contributed by atoms with Gasteiger partial charge in [-0.3, -0.25) is 0 Å². The standard InChI is InChI=1S/C14H17BrN2OS/c1-3-12(14-16-6-7-19-14)17-9-10-8-11(15)4-5-13(10)18-2/h4-8,12,17H,3,9H2,1-2H3. The molecule has 0 amide bonds. The lowest BCUT2D eigenvalue weighted by atomic mass is 10.1. The molecule has 5 heteroatoms. The van der Waals surface area contributed by atoms with Gasteiger partial charge in [0.15, 0.2) is 0 Å². The van der Waals surface area contributed by atoms with E-state index in [1.54, 1.807) is 18.4 Å². The van der Waals surface area contributed by atoms with Gasteiger partial charge in [-0.1, -0.05) is 22.9 Å². The van der Waals surface area contributed by atoms with Crippen LogP contribution in [0.3, 0.4) is 0 Å². The maximum Gasteiger partial charge on any atom is 0.123 e. The second-order valence-electron chi connectivity index (χ2n) is 4.17. The fraction of sp³-hybridized carbons (Fsp3) is 0.357. The minimum atomic E-state index is 0.295. The van der Waals surface area contributed by atoms with E-state index in [9.17, 15) is 0 Å². The average molecular weight is 341 g/mol. The topological polar surface area (TPSA) is 34.1 Å². The minimum absolute atomic E-state index is 0.295. The minimum Gasteiger partial charge on any atom is -0.496 e. The number of nitrogens with one attached hydrogen (secondary N) is 1. The number of benzene rings is 1. The Balaban J connectivity index is 2.07. The van der Waals surface area contributed by atoms with Crippen molar-refractivity contribution in [1.29, 1.82) is 0 Å². The van der Waals surface area contributed by atoms with Crippen LogP contribution in [0.2, 0.25) is 0 Å². The summed E-state index contributed by atoms with van der Waals surface area (Å²) in [6, 6.07) is 6.34. The van der Waals surface area contributed by atoms with Crippen molar-refractivity contribution in [3.63, 3.8) is 0 Å². The molecule has 0 saturated heterocycles. The van der Waals surface area contributed by atoms with E-state index in [1.807, 2.05) is 23.7 Å². The summed E-state index contributed by atoms with van der Waals surface area (Å²) in [4.78, 5) is 4.38. The molecule has 0 fully saturated rings. The molecule has 2 rings (SSSR count). The number of hydrogen-bond acceptors (Lipinski definition) is 4. The molecule has 1 atom stereocenters. The summed E-state index contributed by atoms with van der Waals surface area (Å²) in [5, 5.41) is 6.69. The summed E-state index contributed by atoms with van der Waals surface area (Å²) in [6.07, 6.45) is 2.87. The average Bonchev–Trinajstić information content (AvgIpc) is 2.94. The molecule has 0 bridgehead atoms. The Morgan fingerprint density at radius 2 is 2.32 bits per heavy atom. The van der Waals surface area contributed by atoms with E-state index in [1.165, 1.54) is 0 Å². The first-order chi connectivity index (χ1) is 9.24. The van der Waals surface area contributed by atoms with Crippen LogP contribution in [-0.2, 0) is 6.54 Å². The maximum absolute atomic E-state index is 5.38. The van der Waals surface area contributed by atoms with Gasteiger partial charge in [0.2, 0.25) is 0 Å². The third-order valence-corrected chi connectivity index (χ3v) is 4.32. The summed E-state index contributed by atoms with van der Waals surface area (Å²) in [6.45, 7) is 2.93. The molecule has 0 aliphatic carbocycles. The second-order valence-corrected chi connectivity index (χ2v) is 6.01. The van der Waals surface area contributed by atoms with Crippen molar-refractivity contribution in [3.8, 4) is 5.75 Å². The third kappa shape index (κ3) is 3.78. The Hall–Kier alpha value is -0.910. The summed E-state index contributed by atoms with van der Waals surface area (Å²) in [5.41, 5.74) is 1.15. The smallest absolute Gasteiger partial charge is 0.123 e. The number of halogens is 1. The molecule has 0 aliphatic heterocycles. The summed E-state index contributed by atoms with van der Waals surface area (Å²) >= 11 is 5.18. The van der Waals surface area contributed by atoms with E-state index in [2.05, 4.69) is 39.2 Å². The fourth-order valence-electron chi connectivity index (χ4n) is 1.93. The van der Waals surface area contributed by atoms with Crippen molar-refractivity contribution < 1.29 is 4.74 Å². The SMILES string of the molecule is CCC(NCc1cc(Br)ccc1OC)c1nccs1. The Morgan fingerprint density at radius 1 is 1.47 bits per heavy atom. The van der Waals surface area contributed by atoms with Crippen molar-refractivity contribution in [3.05, 3.63) is 44.8 Å². The van der Waals surface area contributed by atoms with Crippen LogP contribution in [0.4, 0.5) is 0 Å². The van der Waals surface area contributed by atoms with Crippen molar-refractivity contribution in [2.24, 2.45) is 0 Å². The number of ether oxygens (including phenoxy) is 1. The zero-order chi connectivity index (χ0) is 13.7. The molecule has 3 nitrogen and oxygen atoms in total. The Bertz CT molecular complexity index is 516. The molecule has 0 spiro atoms. The van der Waals surface area contributed by atoms with E-state index in [4.69, 9.17) is 4.74 Å². The van der Waals surface area contributed by atoms with Crippen molar-refractivity contribution in [1.82, 2.24) is 10.3 Å². The lowest BCUT2D eigenvalue weighted by Gasteiger charge is -2.16. The number of rotatable bonds is 6. The van der Waals surface area contributed by atoms with Crippen molar-refractivity contribution in [2.45, 2.75) is 25.9 Å². The fourth-order valence-corrected chi connectivity index (χ4v) is 3.14. The van der Waals surface area contributed by atoms with Crippen LogP contribution in [0.1, 0.15) is 30.0 Å². The van der Waals surface area contributed by atoms with Crippen LogP contribution in [0.5, 0.6) is 5.75 Å². The third-order valence-electron chi connectivity index (χ3n) is 2.94. The van der Waals surface area contributed by atoms with E-state index in [-0.39, 0.29) is 0 Å². The molecule has 0 radical (unpaired) electrons. The van der Waals surface area contributed by atoms with E-state index >= 15 is 0 Å². The maximum atomic E-state index is 5.38. The van der Waals surface area contributed by atoms with Gasteiger partial charge < -0.3 is 10.1 Å². The van der Waals surface area contributed by atoms with Gasteiger partial charge in [-0.05, 0) is 24.6 Å². The van der Waals surface area contributed by atoms with Crippen LogP contribution in [-0.4, -0.2) is 12.1 Å². The highest BCUT2D eigenvalue weighted by Gasteiger charge is 2.12. The van der Waals surface area contributed by atoms with E-state index in [0.717, 1.165) is 33.8 Å². The molecule has 1 aromatic carbocycles. The molecule has 1 aromatic heterocycles. The number of methoxy groups -OCH3 is 1. The van der Waals surface area contributed by atoms with E-state index in [0.29, 0.717) is 6.04 Å². The number of hydrogen-bond donors (Lipinski definition) is 1. The molecule has 1 unspecified atom stereocenters. The monoisotopic (exact) mass is 340 g/mol. The first kappa shape index (κ1) is 14.5. The summed E-state index contributed by atoms with van der Waals surface area (Å²) in [7, 11) is 1.70. The molecular formula is C14H17BrN2OS. The van der Waals surface area contributed by atoms with Crippen molar-refractivity contribution in [2.75, 3.05) is 7.11 Å². The van der Waals surface area contributed by atoms with Crippen LogP contribution in [0.25, 0.3) is 0 Å². The van der Waals surface area contributed by atoms with Crippen LogP contribution < -0.4 is 10.1 Å². The first-order valence-electron chi connectivity index (χ1n) is 6.19. The zero-order valence-corrected chi connectivity index (χ0v) is 13.4. The molecular weight excluding hydrogens is 324 g/mol. The molecule has 0 aliphatic rings. The first-order valence-corrected chi connectivity index (χ1v) is 7.87. The Morgan fingerprint density at radius 3 is 2.95 bits per heavy atom. The van der Waals surface area contributed by atoms with Gasteiger partial charge in [0.05, 0.1) is 13.2 Å². The van der Waals surface area contributed by atoms with Gasteiger partial charge >= 0.3 is 0 Å². The summed E-state index contributed by atoms with van der Waals surface area (Å²) < 4.78 is 6.45. The quantitative estimate of drug-likeness (QED) is 0.857. The van der Waals surface area contributed by atoms with Crippen LogP contribution >= 0.6 is 27.3 Å². The van der Waals surface area contributed by atoms with Gasteiger partial charge in [-0.15, -0.1) is 11.3 Å². The highest BCUT2D eigenvalue weighted by atomic mass is 79.9. The largest absolute Gasteiger partial charge is 0.496 e. The number of nitrogens with zero attached hydrogens (tertiary/aromatic N) is 1. The van der Waals surface area contributed by atoms with Gasteiger partial charge in [0.1, 0.15) is 10.8 Å². The highest BCUT2D eigenvalue weighted by molar-refractivity contribution is 9.10. The lowest BCUT2D eigenvalue weighted by Crippen LogP contribution is -2.20. The molecule has 2 aromatic rings. The van der Waals surface area contributed by atoms with Gasteiger partial charge in [-0.2, -0.15) is 0 Å². The van der Waals surface area contributed by atoms with Gasteiger partial charge in [0.25, 0.3) is 0 Å². The molecule has 0 saturated carbocycles. The van der Waals surface area contributed by atoms with Crippen LogP contribution in [0.15, 0.2) is 34.2 Å². The predicted molar refractivity (Wildman–Crippen MR) is 82.7 cm³/mol. The second kappa shape index (κ2) is 7.03. The summed E-state index contributed by atoms with van der Waals surface area (Å²) in [5.74, 6) is 0.907.